The standard InChI is InChI=1S/C26H43NO2/c1-17-6-4-5-15-27(17)24(28)23-10-9-22-21-8-7-18-16-25(2,29)13-11-19(18)20(21)12-14-26(22,23)3/h17-23,29H,4-16H2,1-3H3/t17-,18-,19+,20-,21-,22+,23-,25-,26+/m1/s1. The zero-order chi connectivity index (χ0) is 20.4. The lowest BCUT2D eigenvalue weighted by molar-refractivity contribution is -0.147. The lowest BCUT2D eigenvalue weighted by atomic mass is 9.49. The first kappa shape index (κ1) is 20.3. The van der Waals surface area contributed by atoms with Crippen LogP contribution < -0.4 is 0 Å². The van der Waals surface area contributed by atoms with Crippen molar-refractivity contribution in [2.24, 2.45) is 40.9 Å². The lowest BCUT2D eigenvalue weighted by Crippen LogP contribution is -2.53. The molecule has 1 N–H and O–H groups in total. The third-order valence-electron chi connectivity index (χ3n) is 10.6. The van der Waals surface area contributed by atoms with Gasteiger partial charge in [-0.3, -0.25) is 4.79 Å². The van der Waals surface area contributed by atoms with E-state index >= 15 is 0 Å². The van der Waals surface area contributed by atoms with E-state index in [0.29, 0.717) is 11.9 Å². The average molecular weight is 402 g/mol. The molecule has 0 aromatic heterocycles. The summed E-state index contributed by atoms with van der Waals surface area (Å²) in [7, 11) is 0. The summed E-state index contributed by atoms with van der Waals surface area (Å²) in [6, 6.07) is 0.445. The zero-order valence-electron chi connectivity index (χ0n) is 19.0. The minimum atomic E-state index is -0.423. The van der Waals surface area contributed by atoms with E-state index in [9.17, 15) is 9.90 Å². The fourth-order valence-electron chi connectivity index (χ4n) is 9.11. The van der Waals surface area contributed by atoms with Gasteiger partial charge in [0.15, 0.2) is 0 Å². The van der Waals surface area contributed by atoms with E-state index in [1.807, 2.05) is 0 Å². The van der Waals surface area contributed by atoms with Gasteiger partial charge in [0.2, 0.25) is 5.91 Å². The zero-order valence-corrected chi connectivity index (χ0v) is 19.0. The van der Waals surface area contributed by atoms with E-state index in [2.05, 4.69) is 25.7 Å². The molecule has 1 amide bonds. The monoisotopic (exact) mass is 401 g/mol. The maximum atomic E-state index is 13.6. The fourth-order valence-corrected chi connectivity index (χ4v) is 9.11. The molecule has 4 saturated carbocycles. The highest BCUT2D eigenvalue weighted by molar-refractivity contribution is 5.80. The van der Waals surface area contributed by atoms with Crippen molar-refractivity contribution in [2.75, 3.05) is 6.54 Å². The summed E-state index contributed by atoms with van der Waals surface area (Å²) < 4.78 is 0. The molecule has 5 aliphatic rings. The highest BCUT2D eigenvalue weighted by atomic mass is 16.3. The van der Waals surface area contributed by atoms with Gasteiger partial charge in [-0.15, -0.1) is 0 Å². The Hall–Kier alpha value is -0.570. The number of carbonyl (C=O) groups is 1. The molecule has 164 valence electrons. The van der Waals surface area contributed by atoms with E-state index in [-0.39, 0.29) is 11.3 Å². The topological polar surface area (TPSA) is 40.5 Å². The third kappa shape index (κ3) is 3.29. The molecule has 3 nitrogen and oxygen atoms in total. The number of hydrogen-bond acceptors (Lipinski definition) is 2. The van der Waals surface area contributed by atoms with Crippen LogP contribution in [0, 0.1) is 40.9 Å². The van der Waals surface area contributed by atoms with Crippen LogP contribution in [-0.2, 0) is 4.79 Å². The van der Waals surface area contributed by atoms with Gasteiger partial charge in [0.1, 0.15) is 0 Å². The molecule has 0 unspecified atom stereocenters. The van der Waals surface area contributed by atoms with Crippen molar-refractivity contribution in [1.82, 2.24) is 4.90 Å². The van der Waals surface area contributed by atoms with Gasteiger partial charge in [-0.25, -0.2) is 0 Å². The summed E-state index contributed by atoms with van der Waals surface area (Å²) in [4.78, 5) is 15.9. The van der Waals surface area contributed by atoms with Crippen LogP contribution in [-0.4, -0.2) is 34.1 Å². The Bertz CT molecular complexity index is 645. The molecule has 3 heteroatoms. The number of fused-ring (bicyclic) bond motifs is 5. The second kappa shape index (κ2) is 7.24. The van der Waals surface area contributed by atoms with Gasteiger partial charge in [-0.1, -0.05) is 6.92 Å². The molecule has 0 bridgehead atoms. The molecule has 1 heterocycles. The Balaban J connectivity index is 1.33. The number of hydrogen-bond donors (Lipinski definition) is 1. The van der Waals surface area contributed by atoms with Crippen LogP contribution >= 0.6 is 0 Å². The second-order valence-corrected chi connectivity index (χ2v) is 12.2. The number of piperidine rings is 1. The Morgan fingerprint density at radius 2 is 1.69 bits per heavy atom. The van der Waals surface area contributed by atoms with E-state index in [0.717, 1.165) is 55.4 Å². The number of likely N-dealkylation sites (tertiary alicyclic amines) is 1. The Labute approximate surface area is 178 Å². The largest absolute Gasteiger partial charge is 0.390 e. The van der Waals surface area contributed by atoms with Crippen LogP contribution in [0.15, 0.2) is 0 Å². The molecule has 4 aliphatic carbocycles. The molecule has 0 aromatic carbocycles. The predicted octanol–water partition coefficient (Wildman–Crippen LogP) is 5.41. The minimum Gasteiger partial charge on any atom is -0.390 e. The smallest absolute Gasteiger partial charge is 0.226 e. The van der Waals surface area contributed by atoms with Crippen LogP contribution in [0.3, 0.4) is 0 Å². The van der Waals surface area contributed by atoms with Gasteiger partial charge in [0, 0.05) is 18.5 Å². The number of carbonyl (C=O) groups excluding carboxylic acids is 1. The van der Waals surface area contributed by atoms with Crippen molar-refractivity contribution in [3.05, 3.63) is 0 Å². The molecular weight excluding hydrogens is 358 g/mol. The SMILES string of the molecule is C[C@@H]1CCCCN1C(=O)[C@H]1CC[C@H]2[C@@H]3CC[C@@H]4C[C@](C)(O)CC[C@@H]4[C@H]3CC[C@]12C. The van der Waals surface area contributed by atoms with Crippen molar-refractivity contribution in [1.29, 1.82) is 0 Å². The number of amides is 1. The number of nitrogens with zero attached hydrogens (tertiary/aromatic N) is 1. The Morgan fingerprint density at radius 1 is 0.897 bits per heavy atom. The minimum absolute atomic E-state index is 0.239. The number of rotatable bonds is 1. The first-order valence-electron chi connectivity index (χ1n) is 12.8. The average Bonchev–Trinajstić information content (AvgIpc) is 3.04. The molecule has 0 radical (unpaired) electrons. The Morgan fingerprint density at radius 3 is 2.48 bits per heavy atom. The summed E-state index contributed by atoms with van der Waals surface area (Å²) in [6.07, 6.45) is 14.6. The van der Waals surface area contributed by atoms with Crippen LogP contribution in [0.2, 0.25) is 0 Å². The molecule has 5 fully saturated rings. The molecular formula is C26H43NO2. The molecule has 0 spiro atoms. The summed E-state index contributed by atoms with van der Waals surface area (Å²) >= 11 is 0. The fraction of sp³-hybridized carbons (Fsp3) is 0.962. The van der Waals surface area contributed by atoms with E-state index in [1.54, 1.807) is 0 Å². The van der Waals surface area contributed by atoms with Crippen LogP contribution in [0.1, 0.15) is 97.8 Å². The predicted molar refractivity (Wildman–Crippen MR) is 116 cm³/mol. The second-order valence-electron chi connectivity index (χ2n) is 12.2. The van der Waals surface area contributed by atoms with Crippen LogP contribution in [0.5, 0.6) is 0 Å². The molecule has 9 atom stereocenters. The Kier molecular flexibility index (Phi) is 5.08. The third-order valence-corrected chi connectivity index (χ3v) is 10.6. The van der Waals surface area contributed by atoms with Gasteiger partial charge in [-0.05, 0) is 126 Å². The van der Waals surface area contributed by atoms with Gasteiger partial charge in [-0.2, -0.15) is 0 Å². The first-order chi connectivity index (χ1) is 13.8. The van der Waals surface area contributed by atoms with Crippen molar-refractivity contribution >= 4 is 5.91 Å². The van der Waals surface area contributed by atoms with Crippen LogP contribution in [0.4, 0.5) is 0 Å². The summed E-state index contributed by atoms with van der Waals surface area (Å²) in [5.74, 6) is 4.84. The van der Waals surface area contributed by atoms with Crippen molar-refractivity contribution in [3.8, 4) is 0 Å². The first-order valence-corrected chi connectivity index (χ1v) is 12.8. The van der Waals surface area contributed by atoms with E-state index in [1.165, 1.54) is 57.8 Å². The molecule has 0 aromatic rings. The quantitative estimate of drug-likeness (QED) is 0.638. The maximum absolute atomic E-state index is 13.6. The summed E-state index contributed by atoms with van der Waals surface area (Å²) in [5, 5.41) is 10.6. The molecule has 1 aliphatic heterocycles. The molecule has 1 saturated heterocycles. The van der Waals surface area contributed by atoms with Crippen molar-refractivity contribution in [3.63, 3.8) is 0 Å². The highest BCUT2D eigenvalue weighted by Gasteiger charge is 2.59. The van der Waals surface area contributed by atoms with Crippen molar-refractivity contribution in [2.45, 2.75) is 109 Å². The van der Waals surface area contributed by atoms with Gasteiger partial charge in [0.25, 0.3) is 0 Å². The molecule has 5 rings (SSSR count). The van der Waals surface area contributed by atoms with Gasteiger partial charge >= 0.3 is 0 Å². The highest BCUT2D eigenvalue weighted by Crippen LogP contribution is 2.64. The van der Waals surface area contributed by atoms with Crippen LogP contribution in [0.25, 0.3) is 0 Å². The van der Waals surface area contributed by atoms with E-state index in [4.69, 9.17) is 0 Å². The summed E-state index contributed by atoms with van der Waals surface area (Å²) in [6.45, 7) is 7.81. The lowest BCUT2D eigenvalue weighted by Gasteiger charge is -2.57. The van der Waals surface area contributed by atoms with Crippen molar-refractivity contribution < 1.29 is 9.90 Å². The van der Waals surface area contributed by atoms with Gasteiger partial charge in [0.05, 0.1) is 5.60 Å². The van der Waals surface area contributed by atoms with Gasteiger partial charge < -0.3 is 10.0 Å². The van der Waals surface area contributed by atoms with E-state index < -0.39 is 5.60 Å². The molecule has 29 heavy (non-hydrogen) atoms. The maximum Gasteiger partial charge on any atom is 0.226 e. The normalized spacial score (nSPS) is 52.4. The number of aliphatic hydroxyl groups is 1. The summed E-state index contributed by atoms with van der Waals surface area (Å²) in [5.41, 5.74) is -0.185.